The molecule has 3 aromatic carbocycles. The van der Waals surface area contributed by atoms with Gasteiger partial charge >= 0.3 is 0 Å². The van der Waals surface area contributed by atoms with Gasteiger partial charge in [0.2, 0.25) is 10.0 Å². The molecule has 3 aromatic rings. The highest BCUT2D eigenvalue weighted by Crippen LogP contribution is 2.43. The van der Waals surface area contributed by atoms with E-state index in [-0.39, 0.29) is 30.4 Å². The van der Waals surface area contributed by atoms with Gasteiger partial charge in [0.15, 0.2) is 0 Å². The summed E-state index contributed by atoms with van der Waals surface area (Å²) in [6.45, 7) is 7.35. The SMILES string of the molecule is Cc1ccccc1S(=O)(=O)N1CCCCN2C(CO)[C@@H](c3ccc(-c4ccc(F)c(C)c4C)cc3)[C@@H]2C1. The second kappa shape index (κ2) is 10.3. The molecule has 5 rings (SSSR count). The summed E-state index contributed by atoms with van der Waals surface area (Å²) in [5.74, 6) is -0.171. The van der Waals surface area contributed by atoms with Crippen LogP contribution < -0.4 is 0 Å². The standard InChI is InChI=1S/C30H35FN2O3S/c1-20-8-4-5-9-29(20)37(35,36)32-16-6-7-17-33-27(18-32)30(28(33)19-34)24-12-10-23(11-13-24)25-14-15-26(31)22(3)21(25)2/h4-5,8-15,27-28,30,34H,6-7,16-19H2,1-3H3/t27-,28?,30-/m0/s1. The van der Waals surface area contributed by atoms with Crippen molar-refractivity contribution in [2.75, 3.05) is 26.2 Å². The monoisotopic (exact) mass is 522 g/mol. The van der Waals surface area contributed by atoms with E-state index in [4.69, 9.17) is 0 Å². The van der Waals surface area contributed by atoms with Crippen molar-refractivity contribution >= 4 is 10.0 Å². The average molecular weight is 523 g/mol. The Morgan fingerprint density at radius 1 is 0.919 bits per heavy atom. The van der Waals surface area contributed by atoms with Crippen LogP contribution in [-0.2, 0) is 10.0 Å². The molecular weight excluding hydrogens is 487 g/mol. The molecule has 7 heteroatoms. The van der Waals surface area contributed by atoms with Gasteiger partial charge in [-0.15, -0.1) is 0 Å². The Labute approximate surface area is 219 Å². The first-order chi connectivity index (χ1) is 17.7. The number of rotatable bonds is 5. The average Bonchev–Trinajstić information content (AvgIpc) is 2.87. The predicted molar refractivity (Wildman–Crippen MR) is 145 cm³/mol. The fourth-order valence-corrected chi connectivity index (χ4v) is 7.82. The van der Waals surface area contributed by atoms with Gasteiger partial charge in [-0.3, -0.25) is 4.90 Å². The van der Waals surface area contributed by atoms with E-state index in [0.29, 0.717) is 23.5 Å². The molecule has 1 N–H and O–H groups in total. The summed E-state index contributed by atoms with van der Waals surface area (Å²) in [6, 6.07) is 18.7. The molecule has 1 unspecified atom stereocenters. The van der Waals surface area contributed by atoms with Gasteiger partial charge in [0.25, 0.3) is 0 Å². The molecule has 0 aromatic heterocycles. The van der Waals surface area contributed by atoms with E-state index in [9.17, 15) is 17.9 Å². The molecule has 0 aliphatic carbocycles. The Morgan fingerprint density at radius 2 is 1.62 bits per heavy atom. The summed E-state index contributed by atoms with van der Waals surface area (Å²) in [4.78, 5) is 2.65. The van der Waals surface area contributed by atoms with Crippen molar-refractivity contribution in [1.82, 2.24) is 9.21 Å². The summed E-state index contributed by atoms with van der Waals surface area (Å²) in [5.41, 5.74) is 5.44. The molecule has 2 fully saturated rings. The minimum Gasteiger partial charge on any atom is -0.395 e. The minimum atomic E-state index is -3.63. The van der Waals surface area contributed by atoms with Crippen molar-refractivity contribution < 1.29 is 17.9 Å². The van der Waals surface area contributed by atoms with E-state index < -0.39 is 10.0 Å². The van der Waals surface area contributed by atoms with Crippen molar-refractivity contribution in [3.8, 4) is 11.1 Å². The number of aliphatic hydroxyl groups is 1. The van der Waals surface area contributed by atoms with Crippen molar-refractivity contribution in [3.05, 3.63) is 88.7 Å². The maximum atomic E-state index is 14.0. The zero-order chi connectivity index (χ0) is 26.3. The van der Waals surface area contributed by atoms with Gasteiger partial charge in [0.1, 0.15) is 5.82 Å². The van der Waals surface area contributed by atoms with Crippen LogP contribution in [0.1, 0.15) is 41.0 Å². The van der Waals surface area contributed by atoms with E-state index in [1.807, 2.05) is 32.0 Å². The number of sulfonamides is 1. The van der Waals surface area contributed by atoms with Crippen molar-refractivity contribution in [3.63, 3.8) is 0 Å². The van der Waals surface area contributed by atoms with Crippen molar-refractivity contribution in [2.24, 2.45) is 0 Å². The number of fused-ring (bicyclic) bond motifs is 1. The molecular formula is C30H35FN2O3S. The Hall–Kier alpha value is -2.58. The van der Waals surface area contributed by atoms with Crippen LogP contribution in [0, 0.1) is 26.6 Å². The summed E-state index contributed by atoms with van der Waals surface area (Å²) >= 11 is 0. The number of hydrogen-bond acceptors (Lipinski definition) is 4. The number of hydrogen-bond donors (Lipinski definition) is 1. The maximum absolute atomic E-state index is 14.0. The third kappa shape index (κ3) is 4.63. The number of aliphatic hydroxyl groups excluding tert-OH is 1. The first-order valence-electron chi connectivity index (χ1n) is 13.0. The van der Waals surface area contributed by atoms with Crippen LogP contribution in [0.15, 0.2) is 65.6 Å². The number of aryl methyl sites for hydroxylation is 1. The lowest BCUT2D eigenvalue weighted by Crippen LogP contribution is -2.67. The normalized spacial score (nSPS) is 23.1. The first-order valence-corrected chi connectivity index (χ1v) is 14.5. The Kier molecular flexibility index (Phi) is 7.24. The number of nitrogens with zero attached hydrogens (tertiary/aromatic N) is 2. The molecule has 5 nitrogen and oxygen atoms in total. The Bertz CT molecular complexity index is 1390. The molecule has 196 valence electrons. The quantitative estimate of drug-likeness (QED) is 0.511. The van der Waals surface area contributed by atoms with Gasteiger partial charge in [-0.25, -0.2) is 12.8 Å². The van der Waals surface area contributed by atoms with Crippen molar-refractivity contribution in [2.45, 2.75) is 56.5 Å². The highest BCUT2D eigenvalue weighted by atomic mass is 32.2. The van der Waals surface area contributed by atoms with Gasteiger partial charge in [-0.1, -0.05) is 48.5 Å². The summed E-state index contributed by atoms with van der Waals surface area (Å²) in [7, 11) is -3.63. The smallest absolute Gasteiger partial charge is 0.243 e. The van der Waals surface area contributed by atoms with E-state index >= 15 is 0 Å². The Balaban J connectivity index is 1.44. The molecule has 2 saturated heterocycles. The fourth-order valence-electron chi connectivity index (χ4n) is 6.10. The molecule has 0 bridgehead atoms. The van der Waals surface area contributed by atoms with Gasteiger partial charge in [0, 0.05) is 31.1 Å². The molecule has 2 heterocycles. The van der Waals surface area contributed by atoms with E-state index in [1.54, 1.807) is 23.4 Å². The molecule has 37 heavy (non-hydrogen) atoms. The minimum absolute atomic E-state index is 0.00287. The lowest BCUT2D eigenvalue weighted by molar-refractivity contribution is -0.0553. The van der Waals surface area contributed by atoms with Crippen LogP contribution in [0.5, 0.6) is 0 Å². The first kappa shape index (κ1) is 26.0. The second-order valence-corrected chi connectivity index (χ2v) is 12.3. The largest absolute Gasteiger partial charge is 0.395 e. The highest BCUT2D eigenvalue weighted by Gasteiger charge is 2.50. The van der Waals surface area contributed by atoms with Crippen LogP contribution in [0.4, 0.5) is 4.39 Å². The summed E-state index contributed by atoms with van der Waals surface area (Å²) in [5, 5.41) is 10.3. The molecule has 0 spiro atoms. The van der Waals surface area contributed by atoms with Gasteiger partial charge in [0.05, 0.1) is 11.5 Å². The molecule has 0 amide bonds. The van der Waals surface area contributed by atoms with Gasteiger partial charge in [-0.2, -0.15) is 4.31 Å². The van der Waals surface area contributed by atoms with Crippen LogP contribution in [0.3, 0.4) is 0 Å². The van der Waals surface area contributed by atoms with Gasteiger partial charge < -0.3 is 5.11 Å². The molecule has 2 aliphatic rings. The highest BCUT2D eigenvalue weighted by molar-refractivity contribution is 7.89. The fraction of sp³-hybridized carbons (Fsp3) is 0.400. The molecule has 2 aliphatic heterocycles. The van der Waals surface area contributed by atoms with E-state index in [0.717, 1.165) is 47.2 Å². The molecule has 0 radical (unpaired) electrons. The second-order valence-electron chi connectivity index (χ2n) is 10.4. The van der Waals surface area contributed by atoms with Crippen LogP contribution in [-0.4, -0.2) is 61.1 Å². The number of benzene rings is 3. The van der Waals surface area contributed by atoms with Crippen molar-refractivity contribution in [1.29, 1.82) is 0 Å². The lowest BCUT2D eigenvalue weighted by atomic mass is 9.74. The Morgan fingerprint density at radius 3 is 2.32 bits per heavy atom. The van der Waals surface area contributed by atoms with E-state index in [1.165, 1.54) is 6.07 Å². The van der Waals surface area contributed by atoms with Gasteiger partial charge in [-0.05, 0) is 85.7 Å². The van der Waals surface area contributed by atoms with Crippen LogP contribution >= 0.6 is 0 Å². The predicted octanol–water partition coefficient (Wildman–Crippen LogP) is 5.03. The summed E-state index contributed by atoms with van der Waals surface area (Å²) in [6.07, 6.45) is 1.68. The topological polar surface area (TPSA) is 60.9 Å². The summed E-state index contributed by atoms with van der Waals surface area (Å²) < 4.78 is 42.9. The van der Waals surface area contributed by atoms with Crippen LogP contribution in [0.2, 0.25) is 0 Å². The van der Waals surface area contributed by atoms with Crippen LogP contribution in [0.25, 0.3) is 11.1 Å². The zero-order valence-corrected chi connectivity index (χ0v) is 22.5. The lowest BCUT2D eigenvalue weighted by Gasteiger charge is -2.57. The third-order valence-corrected chi connectivity index (χ3v) is 10.4. The zero-order valence-electron chi connectivity index (χ0n) is 21.7. The molecule has 3 atom stereocenters. The van der Waals surface area contributed by atoms with E-state index in [2.05, 4.69) is 29.2 Å². The number of halogens is 1. The third-order valence-electron chi connectivity index (χ3n) is 8.37. The molecule has 0 saturated carbocycles. The maximum Gasteiger partial charge on any atom is 0.243 e.